The summed E-state index contributed by atoms with van der Waals surface area (Å²) in [4.78, 5) is 29.0. The molecule has 6 nitrogen and oxygen atoms in total. The van der Waals surface area contributed by atoms with Crippen molar-refractivity contribution in [2.45, 2.75) is 31.6 Å². The van der Waals surface area contributed by atoms with Crippen LogP contribution >= 0.6 is 0 Å². The average molecular weight is 358 g/mol. The molecule has 26 heavy (non-hydrogen) atoms. The Bertz CT molecular complexity index is 662. The molecule has 3 fully saturated rings. The SMILES string of the molecule is CN(Cc1ccccc1)C(=O)C1CC1C(=O)N1CCC2(CC1)OCCO2. The van der Waals surface area contributed by atoms with E-state index in [2.05, 4.69) is 0 Å². The lowest BCUT2D eigenvalue weighted by atomic mass is 10.0. The number of ether oxygens (including phenoxy) is 2. The zero-order chi connectivity index (χ0) is 18.1. The fourth-order valence-corrected chi connectivity index (χ4v) is 4.05. The zero-order valence-corrected chi connectivity index (χ0v) is 15.2. The van der Waals surface area contributed by atoms with Crippen LogP contribution in [0.1, 0.15) is 24.8 Å². The van der Waals surface area contributed by atoms with Crippen molar-refractivity contribution in [3.63, 3.8) is 0 Å². The summed E-state index contributed by atoms with van der Waals surface area (Å²) in [7, 11) is 1.81. The topological polar surface area (TPSA) is 59.1 Å². The van der Waals surface area contributed by atoms with E-state index in [0.717, 1.165) is 18.4 Å². The molecule has 2 unspecified atom stereocenters. The van der Waals surface area contributed by atoms with Gasteiger partial charge in [-0.3, -0.25) is 9.59 Å². The second kappa shape index (κ2) is 7.00. The molecular weight excluding hydrogens is 332 g/mol. The lowest BCUT2D eigenvalue weighted by molar-refractivity contribution is -0.187. The first-order chi connectivity index (χ1) is 12.6. The number of piperidine rings is 1. The standard InChI is InChI=1S/C20H26N2O4/c1-21(14-15-5-3-2-4-6-15)18(23)16-13-17(16)19(24)22-9-7-20(8-10-22)25-11-12-26-20/h2-6,16-17H,7-14H2,1H3. The van der Waals surface area contributed by atoms with Gasteiger partial charge in [0.05, 0.1) is 25.0 Å². The number of amides is 2. The molecule has 140 valence electrons. The third kappa shape index (κ3) is 3.48. The number of nitrogens with zero attached hydrogens (tertiary/aromatic N) is 2. The van der Waals surface area contributed by atoms with Gasteiger partial charge in [0, 0.05) is 39.5 Å². The maximum Gasteiger partial charge on any atom is 0.226 e. The average Bonchev–Trinajstić information content (AvgIpc) is 3.35. The van der Waals surface area contributed by atoms with E-state index in [0.29, 0.717) is 39.3 Å². The van der Waals surface area contributed by atoms with Crippen LogP contribution in [0.4, 0.5) is 0 Å². The molecule has 0 bridgehead atoms. The van der Waals surface area contributed by atoms with E-state index in [1.54, 1.807) is 4.90 Å². The Morgan fingerprint density at radius 1 is 1.12 bits per heavy atom. The summed E-state index contributed by atoms with van der Waals surface area (Å²) in [6.45, 7) is 3.16. The molecule has 0 aromatic heterocycles. The molecule has 6 heteroatoms. The van der Waals surface area contributed by atoms with Crippen LogP contribution < -0.4 is 0 Å². The molecule has 2 saturated heterocycles. The molecule has 2 atom stereocenters. The van der Waals surface area contributed by atoms with Crippen molar-refractivity contribution in [2.75, 3.05) is 33.4 Å². The van der Waals surface area contributed by atoms with Crippen LogP contribution in [0.5, 0.6) is 0 Å². The predicted octanol–water partition coefficient (Wildman–Crippen LogP) is 1.65. The quantitative estimate of drug-likeness (QED) is 0.821. The highest BCUT2D eigenvalue weighted by Crippen LogP contribution is 2.42. The highest BCUT2D eigenvalue weighted by molar-refractivity contribution is 5.92. The van der Waals surface area contributed by atoms with Gasteiger partial charge in [0.15, 0.2) is 5.79 Å². The van der Waals surface area contributed by atoms with Gasteiger partial charge in [0.1, 0.15) is 0 Å². The van der Waals surface area contributed by atoms with E-state index < -0.39 is 5.79 Å². The molecule has 2 aliphatic heterocycles. The summed E-state index contributed by atoms with van der Waals surface area (Å²) in [6, 6.07) is 9.92. The molecule has 0 N–H and O–H groups in total. The van der Waals surface area contributed by atoms with E-state index in [1.807, 2.05) is 42.3 Å². The first kappa shape index (κ1) is 17.5. The highest BCUT2D eigenvalue weighted by Gasteiger charge is 2.51. The lowest BCUT2D eigenvalue weighted by Crippen LogP contribution is -2.48. The van der Waals surface area contributed by atoms with Gasteiger partial charge in [-0.25, -0.2) is 0 Å². The molecule has 1 saturated carbocycles. The molecule has 2 amide bonds. The first-order valence-corrected chi connectivity index (χ1v) is 9.44. The molecular formula is C20H26N2O4. The van der Waals surface area contributed by atoms with Crippen molar-refractivity contribution >= 4 is 11.8 Å². The third-order valence-corrected chi connectivity index (χ3v) is 5.71. The number of carbonyl (C=O) groups excluding carboxylic acids is 2. The van der Waals surface area contributed by atoms with E-state index >= 15 is 0 Å². The summed E-state index contributed by atoms with van der Waals surface area (Å²) in [6.07, 6.45) is 2.11. The fraction of sp³-hybridized carbons (Fsp3) is 0.600. The molecule has 0 radical (unpaired) electrons. The Hall–Kier alpha value is -1.92. The molecule has 1 spiro atoms. The summed E-state index contributed by atoms with van der Waals surface area (Å²) in [5.74, 6) is -0.593. The smallest absolute Gasteiger partial charge is 0.226 e. The molecule has 3 aliphatic rings. The van der Waals surface area contributed by atoms with Crippen LogP contribution in [0, 0.1) is 11.8 Å². The maximum absolute atomic E-state index is 12.7. The van der Waals surface area contributed by atoms with Crippen molar-refractivity contribution in [1.29, 1.82) is 0 Å². The lowest BCUT2D eigenvalue weighted by Gasteiger charge is -2.37. The minimum atomic E-state index is -0.467. The largest absolute Gasteiger partial charge is 0.347 e. The van der Waals surface area contributed by atoms with Gasteiger partial charge in [-0.1, -0.05) is 30.3 Å². The Balaban J connectivity index is 1.28. The summed E-state index contributed by atoms with van der Waals surface area (Å²) in [5.41, 5.74) is 1.10. The molecule has 1 aromatic rings. The molecule has 1 aromatic carbocycles. The van der Waals surface area contributed by atoms with E-state index in [4.69, 9.17) is 9.47 Å². The normalized spacial score (nSPS) is 26.7. The van der Waals surface area contributed by atoms with Gasteiger partial charge in [0.2, 0.25) is 11.8 Å². The van der Waals surface area contributed by atoms with Crippen molar-refractivity contribution in [3.05, 3.63) is 35.9 Å². The number of rotatable bonds is 4. The number of carbonyl (C=O) groups is 2. The molecule has 4 rings (SSSR count). The second-order valence-electron chi connectivity index (χ2n) is 7.56. The van der Waals surface area contributed by atoms with Crippen molar-refractivity contribution in [3.8, 4) is 0 Å². The van der Waals surface area contributed by atoms with Crippen LogP contribution in [0.2, 0.25) is 0 Å². The van der Waals surface area contributed by atoms with Crippen molar-refractivity contribution in [2.24, 2.45) is 11.8 Å². The van der Waals surface area contributed by atoms with Gasteiger partial charge in [0.25, 0.3) is 0 Å². The number of likely N-dealkylation sites (tertiary alicyclic amines) is 1. The Kier molecular flexibility index (Phi) is 4.71. The van der Waals surface area contributed by atoms with E-state index in [1.165, 1.54) is 0 Å². The molecule has 1 aliphatic carbocycles. The Labute approximate surface area is 154 Å². The predicted molar refractivity (Wildman–Crippen MR) is 95.0 cm³/mol. The maximum atomic E-state index is 12.7. The van der Waals surface area contributed by atoms with Gasteiger partial charge < -0.3 is 19.3 Å². The van der Waals surface area contributed by atoms with Crippen LogP contribution in [0.25, 0.3) is 0 Å². The summed E-state index contributed by atoms with van der Waals surface area (Å²) >= 11 is 0. The number of hydrogen-bond donors (Lipinski definition) is 0. The van der Waals surface area contributed by atoms with Gasteiger partial charge in [-0.05, 0) is 12.0 Å². The van der Waals surface area contributed by atoms with Gasteiger partial charge >= 0.3 is 0 Å². The monoisotopic (exact) mass is 358 g/mol. The van der Waals surface area contributed by atoms with E-state index in [-0.39, 0.29) is 23.7 Å². The van der Waals surface area contributed by atoms with Gasteiger partial charge in [-0.2, -0.15) is 0 Å². The minimum Gasteiger partial charge on any atom is -0.347 e. The van der Waals surface area contributed by atoms with Gasteiger partial charge in [-0.15, -0.1) is 0 Å². The highest BCUT2D eigenvalue weighted by atomic mass is 16.7. The van der Waals surface area contributed by atoms with Crippen LogP contribution in [-0.4, -0.2) is 60.8 Å². The van der Waals surface area contributed by atoms with Crippen LogP contribution in [0.15, 0.2) is 30.3 Å². The zero-order valence-electron chi connectivity index (χ0n) is 15.2. The fourth-order valence-electron chi connectivity index (χ4n) is 4.05. The molecule has 2 heterocycles. The van der Waals surface area contributed by atoms with Crippen molar-refractivity contribution < 1.29 is 19.1 Å². The summed E-state index contributed by atoms with van der Waals surface area (Å²) < 4.78 is 11.4. The van der Waals surface area contributed by atoms with Crippen molar-refractivity contribution in [1.82, 2.24) is 9.80 Å². The number of hydrogen-bond acceptors (Lipinski definition) is 4. The Morgan fingerprint density at radius 2 is 1.77 bits per heavy atom. The summed E-state index contributed by atoms with van der Waals surface area (Å²) in [5, 5.41) is 0. The second-order valence-corrected chi connectivity index (χ2v) is 7.56. The van der Waals surface area contributed by atoms with Crippen LogP contribution in [0.3, 0.4) is 0 Å². The number of benzene rings is 1. The minimum absolute atomic E-state index is 0.0724. The van der Waals surface area contributed by atoms with Crippen LogP contribution in [-0.2, 0) is 25.6 Å². The Morgan fingerprint density at radius 3 is 2.42 bits per heavy atom. The third-order valence-electron chi connectivity index (χ3n) is 5.71. The van der Waals surface area contributed by atoms with E-state index in [9.17, 15) is 9.59 Å². The first-order valence-electron chi connectivity index (χ1n) is 9.44.